The first-order chi connectivity index (χ1) is 9.53. The largest absolute Gasteiger partial charge is 0.376 e. The van der Waals surface area contributed by atoms with Crippen LogP contribution in [0.1, 0.15) is 24.8 Å². The molecule has 0 amide bonds. The van der Waals surface area contributed by atoms with Gasteiger partial charge in [0.25, 0.3) is 0 Å². The SMILES string of the molecule is Cc1ccc(S(=O)(=O)NC2CCCC2OCCBr)cc1. The molecule has 2 unspecified atom stereocenters. The molecule has 0 bridgehead atoms. The van der Waals surface area contributed by atoms with Crippen LogP contribution in [-0.4, -0.2) is 32.5 Å². The average Bonchev–Trinajstić information content (AvgIpc) is 2.83. The van der Waals surface area contributed by atoms with Crippen LogP contribution in [0.3, 0.4) is 0 Å². The Morgan fingerprint density at radius 2 is 2.00 bits per heavy atom. The summed E-state index contributed by atoms with van der Waals surface area (Å²) >= 11 is 3.32. The molecule has 0 radical (unpaired) electrons. The van der Waals surface area contributed by atoms with Crippen LogP contribution in [0, 0.1) is 6.92 Å². The number of ether oxygens (including phenoxy) is 1. The molecule has 1 aromatic rings. The first kappa shape index (κ1) is 15.9. The van der Waals surface area contributed by atoms with Gasteiger partial charge in [-0.3, -0.25) is 0 Å². The number of aryl methyl sites for hydroxylation is 1. The summed E-state index contributed by atoms with van der Waals surface area (Å²) in [6.45, 7) is 2.54. The highest BCUT2D eigenvalue weighted by atomic mass is 79.9. The van der Waals surface area contributed by atoms with Gasteiger partial charge in [0, 0.05) is 11.4 Å². The Balaban J connectivity index is 2.05. The van der Waals surface area contributed by atoms with Crippen LogP contribution in [0.4, 0.5) is 0 Å². The van der Waals surface area contributed by atoms with E-state index in [0.717, 1.165) is 30.2 Å². The highest BCUT2D eigenvalue weighted by Gasteiger charge is 2.31. The van der Waals surface area contributed by atoms with Crippen molar-refractivity contribution in [2.24, 2.45) is 0 Å². The van der Waals surface area contributed by atoms with Gasteiger partial charge in [-0.15, -0.1) is 0 Å². The summed E-state index contributed by atoms with van der Waals surface area (Å²) in [7, 11) is -3.46. The standard InChI is InChI=1S/C14H20BrNO3S/c1-11-5-7-12(8-6-11)20(17,18)16-13-3-2-4-14(13)19-10-9-15/h5-8,13-14,16H,2-4,9-10H2,1H3. The molecule has 2 atom stereocenters. The van der Waals surface area contributed by atoms with Gasteiger partial charge in [0.2, 0.25) is 10.0 Å². The van der Waals surface area contributed by atoms with Gasteiger partial charge in [-0.1, -0.05) is 33.6 Å². The highest BCUT2D eigenvalue weighted by molar-refractivity contribution is 9.09. The van der Waals surface area contributed by atoms with Crippen LogP contribution < -0.4 is 4.72 Å². The second-order valence-corrected chi connectivity index (χ2v) is 7.58. The molecule has 1 N–H and O–H groups in total. The van der Waals surface area contributed by atoms with Crippen LogP contribution in [-0.2, 0) is 14.8 Å². The summed E-state index contributed by atoms with van der Waals surface area (Å²) in [4.78, 5) is 0.314. The highest BCUT2D eigenvalue weighted by Crippen LogP contribution is 2.24. The molecule has 112 valence electrons. The van der Waals surface area contributed by atoms with E-state index in [1.54, 1.807) is 12.1 Å². The summed E-state index contributed by atoms with van der Waals surface area (Å²) in [6, 6.07) is 6.77. The van der Waals surface area contributed by atoms with Gasteiger partial charge in [-0.05, 0) is 38.3 Å². The third kappa shape index (κ3) is 4.04. The third-order valence-electron chi connectivity index (χ3n) is 3.50. The van der Waals surface area contributed by atoms with E-state index < -0.39 is 10.0 Å². The topological polar surface area (TPSA) is 55.4 Å². The summed E-state index contributed by atoms with van der Waals surface area (Å²) in [5.41, 5.74) is 1.04. The van der Waals surface area contributed by atoms with Crippen LogP contribution in [0.15, 0.2) is 29.2 Å². The molecule has 0 aromatic heterocycles. The number of hydrogen-bond donors (Lipinski definition) is 1. The normalized spacial score (nSPS) is 23.1. The zero-order chi connectivity index (χ0) is 14.6. The number of hydrogen-bond acceptors (Lipinski definition) is 3. The lowest BCUT2D eigenvalue weighted by atomic mass is 10.2. The Morgan fingerprint density at radius 3 is 2.65 bits per heavy atom. The number of sulfonamides is 1. The minimum atomic E-state index is -3.46. The van der Waals surface area contributed by atoms with E-state index in [9.17, 15) is 8.42 Å². The molecule has 6 heteroatoms. The summed E-state index contributed by atoms with van der Waals surface area (Å²) in [5.74, 6) is 0. The van der Waals surface area contributed by atoms with Crippen molar-refractivity contribution >= 4 is 26.0 Å². The molecule has 1 aliphatic carbocycles. The molecule has 4 nitrogen and oxygen atoms in total. The predicted octanol–water partition coefficient (Wildman–Crippen LogP) is 2.61. The second-order valence-electron chi connectivity index (χ2n) is 5.07. The molecule has 0 saturated heterocycles. The van der Waals surface area contributed by atoms with E-state index in [2.05, 4.69) is 20.7 Å². The van der Waals surface area contributed by atoms with Crippen molar-refractivity contribution in [1.82, 2.24) is 4.72 Å². The van der Waals surface area contributed by atoms with Gasteiger partial charge in [0.05, 0.1) is 17.6 Å². The molecule has 20 heavy (non-hydrogen) atoms. The minimum Gasteiger partial charge on any atom is -0.376 e. The van der Waals surface area contributed by atoms with Gasteiger partial charge in [-0.25, -0.2) is 13.1 Å². The first-order valence-corrected chi connectivity index (χ1v) is 9.40. The van der Waals surface area contributed by atoms with Crippen LogP contribution in [0.2, 0.25) is 0 Å². The fourth-order valence-corrected chi connectivity index (χ4v) is 3.93. The number of rotatable bonds is 6. The van der Waals surface area contributed by atoms with Gasteiger partial charge < -0.3 is 4.74 Å². The number of alkyl halides is 1. The average molecular weight is 362 g/mol. The lowest BCUT2D eigenvalue weighted by Crippen LogP contribution is -2.41. The van der Waals surface area contributed by atoms with E-state index in [0.29, 0.717) is 11.5 Å². The summed E-state index contributed by atoms with van der Waals surface area (Å²) < 4.78 is 33.2. The fourth-order valence-electron chi connectivity index (χ4n) is 2.44. The number of benzene rings is 1. The van der Waals surface area contributed by atoms with Gasteiger partial charge in [-0.2, -0.15) is 0 Å². The number of halogens is 1. The fraction of sp³-hybridized carbons (Fsp3) is 0.571. The van der Waals surface area contributed by atoms with E-state index in [1.165, 1.54) is 0 Å². The van der Waals surface area contributed by atoms with Crippen molar-refractivity contribution in [3.63, 3.8) is 0 Å². The maximum Gasteiger partial charge on any atom is 0.240 e. The van der Waals surface area contributed by atoms with Gasteiger partial charge >= 0.3 is 0 Å². The lowest BCUT2D eigenvalue weighted by Gasteiger charge is -2.21. The van der Waals surface area contributed by atoms with Crippen LogP contribution >= 0.6 is 15.9 Å². The molecule has 0 spiro atoms. The third-order valence-corrected chi connectivity index (χ3v) is 5.33. The smallest absolute Gasteiger partial charge is 0.240 e. The van der Waals surface area contributed by atoms with Gasteiger partial charge in [0.1, 0.15) is 0 Å². The van der Waals surface area contributed by atoms with Crippen LogP contribution in [0.25, 0.3) is 0 Å². The van der Waals surface area contributed by atoms with Gasteiger partial charge in [0.15, 0.2) is 0 Å². The summed E-state index contributed by atoms with van der Waals surface area (Å²) in [5, 5.41) is 0.765. The number of nitrogens with one attached hydrogen (secondary N) is 1. The quantitative estimate of drug-likeness (QED) is 0.792. The molecule has 1 aliphatic rings. The molecule has 1 saturated carbocycles. The minimum absolute atomic E-state index is 0.0206. The molecule has 1 fully saturated rings. The van der Waals surface area contributed by atoms with Crippen molar-refractivity contribution in [2.75, 3.05) is 11.9 Å². The van der Waals surface area contributed by atoms with Crippen molar-refractivity contribution in [3.8, 4) is 0 Å². The van der Waals surface area contributed by atoms with E-state index in [-0.39, 0.29) is 12.1 Å². The van der Waals surface area contributed by atoms with Crippen molar-refractivity contribution in [3.05, 3.63) is 29.8 Å². The maximum atomic E-state index is 12.3. The Bertz CT molecular complexity index is 530. The zero-order valence-electron chi connectivity index (χ0n) is 11.5. The van der Waals surface area contributed by atoms with Crippen molar-refractivity contribution < 1.29 is 13.2 Å². The zero-order valence-corrected chi connectivity index (χ0v) is 13.9. The Labute approximate surface area is 129 Å². The molecular formula is C14H20BrNO3S. The first-order valence-electron chi connectivity index (χ1n) is 6.79. The summed E-state index contributed by atoms with van der Waals surface area (Å²) in [6.07, 6.45) is 2.72. The maximum absolute atomic E-state index is 12.3. The Kier molecular flexibility index (Phi) is 5.60. The molecule has 1 aromatic carbocycles. The Morgan fingerprint density at radius 1 is 1.30 bits per heavy atom. The van der Waals surface area contributed by atoms with Crippen molar-refractivity contribution in [2.45, 2.75) is 43.2 Å². The molecule has 0 heterocycles. The monoisotopic (exact) mass is 361 g/mol. The Hall–Kier alpha value is -0.430. The van der Waals surface area contributed by atoms with E-state index in [4.69, 9.17) is 4.74 Å². The van der Waals surface area contributed by atoms with Crippen molar-refractivity contribution in [1.29, 1.82) is 0 Å². The lowest BCUT2D eigenvalue weighted by molar-refractivity contribution is 0.0562. The van der Waals surface area contributed by atoms with E-state index in [1.807, 2.05) is 19.1 Å². The second kappa shape index (κ2) is 7.02. The van der Waals surface area contributed by atoms with E-state index >= 15 is 0 Å². The predicted molar refractivity (Wildman–Crippen MR) is 82.7 cm³/mol. The molecule has 2 rings (SSSR count). The molecule has 0 aliphatic heterocycles. The van der Waals surface area contributed by atoms with Crippen LogP contribution in [0.5, 0.6) is 0 Å². The molecular weight excluding hydrogens is 342 g/mol.